The zero-order chi connectivity index (χ0) is 31.6. The van der Waals surface area contributed by atoms with Crippen molar-refractivity contribution in [3.63, 3.8) is 0 Å². The zero-order valence-corrected chi connectivity index (χ0v) is 23.7. The fourth-order valence-electron chi connectivity index (χ4n) is 4.15. The highest BCUT2D eigenvalue weighted by Gasteiger charge is 2.18. The predicted octanol–water partition coefficient (Wildman–Crippen LogP) is 4.22. The zero-order valence-electron chi connectivity index (χ0n) is 23.7. The van der Waals surface area contributed by atoms with E-state index < -0.39 is 11.9 Å². The van der Waals surface area contributed by atoms with Crippen LogP contribution in [-0.2, 0) is 14.4 Å². The molecule has 228 valence electrons. The molecule has 0 atom stereocenters. The second-order valence-electron chi connectivity index (χ2n) is 9.51. The van der Waals surface area contributed by atoms with Crippen LogP contribution in [0.3, 0.4) is 0 Å². The van der Waals surface area contributed by atoms with Gasteiger partial charge in [-0.2, -0.15) is 9.97 Å². The van der Waals surface area contributed by atoms with Crippen LogP contribution >= 0.6 is 0 Å². The lowest BCUT2D eigenvalue weighted by Gasteiger charge is -2.34. The standard InChI is InChI=1S/C26H26FN7O2.C4H4O4/c1-3-23(35)29-17-5-4-6-19(15-17)36-25-20-9-10-28-24(20)31-26(32-25)30-18-7-8-22(21(27)16-18)34-13-11-33(2)12-14-34;5-3(6)1-2-4(7)8/h3-10,15-16H,1,11-14H2,2H3,(H,29,35)(H2,28,30,31,32);1-2H,(H,5,6)(H,7,8). The molecule has 2 aromatic heterocycles. The smallest absolute Gasteiger partial charge is 0.328 e. The maximum absolute atomic E-state index is 15.0. The van der Waals surface area contributed by atoms with E-state index >= 15 is 0 Å². The number of fused-ring (bicyclic) bond motifs is 1. The number of H-pyrrole nitrogens is 1. The van der Waals surface area contributed by atoms with E-state index in [2.05, 4.69) is 49.0 Å². The Labute approximate surface area is 251 Å². The van der Waals surface area contributed by atoms with Crippen LogP contribution in [0.15, 0.2) is 79.5 Å². The molecule has 0 saturated carbocycles. The number of aromatic amines is 1. The SMILES string of the molecule is C=CC(=O)Nc1cccc(Oc2nc(Nc3ccc(N4CCN(C)CC4)c(F)c3)nc3[nH]ccc23)c1.O=C(O)C=CC(=O)O. The lowest BCUT2D eigenvalue weighted by Crippen LogP contribution is -2.44. The van der Waals surface area contributed by atoms with Gasteiger partial charge in [0, 0.05) is 62.0 Å². The molecule has 14 heteroatoms. The number of halogens is 1. The average Bonchev–Trinajstić information content (AvgIpc) is 3.46. The van der Waals surface area contributed by atoms with Crippen LogP contribution in [0.5, 0.6) is 11.6 Å². The van der Waals surface area contributed by atoms with Crippen LogP contribution in [0.1, 0.15) is 0 Å². The first-order chi connectivity index (χ1) is 21.1. The molecule has 1 aliphatic rings. The number of carboxylic acid groups (broad SMARTS) is 2. The Morgan fingerprint density at radius 2 is 1.73 bits per heavy atom. The van der Waals surface area contributed by atoms with Crippen molar-refractivity contribution in [3.8, 4) is 11.6 Å². The molecule has 3 heterocycles. The first kappa shape index (κ1) is 31.2. The molecule has 0 aliphatic carbocycles. The molecular weight excluding hydrogens is 573 g/mol. The fourth-order valence-corrected chi connectivity index (χ4v) is 4.15. The lowest BCUT2D eigenvalue weighted by atomic mass is 10.2. The summed E-state index contributed by atoms with van der Waals surface area (Å²) >= 11 is 0. The Morgan fingerprint density at radius 3 is 2.39 bits per heavy atom. The van der Waals surface area contributed by atoms with Crippen molar-refractivity contribution in [2.45, 2.75) is 0 Å². The number of nitrogens with one attached hydrogen (secondary N) is 3. The van der Waals surface area contributed by atoms with Gasteiger partial charge in [0.05, 0.1) is 11.1 Å². The van der Waals surface area contributed by atoms with Crippen molar-refractivity contribution in [2.24, 2.45) is 0 Å². The normalized spacial score (nSPS) is 13.2. The topological polar surface area (TPSA) is 173 Å². The number of piperazine rings is 1. The molecule has 44 heavy (non-hydrogen) atoms. The van der Waals surface area contributed by atoms with Gasteiger partial charge in [0.2, 0.25) is 17.7 Å². The first-order valence-corrected chi connectivity index (χ1v) is 13.3. The predicted molar refractivity (Wildman–Crippen MR) is 163 cm³/mol. The number of carbonyl (C=O) groups excluding carboxylic acids is 1. The summed E-state index contributed by atoms with van der Waals surface area (Å²) in [5, 5.41) is 22.1. The minimum absolute atomic E-state index is 0.253. The van der Waals surface area contributed by atoms with Crippen molar-refractivity contribution in [3.05, 3.63) is 85.4 Å². The van der Waals surface area contributed by atoms with Gasteiger partial charge in [0.1, 0.15) is 17.2 Å². The molecule has 5 N–H and O–H groups in total. The summed E-state index contributed by atoms with van der Waals surface area (Å²) in [5.41, 5.74) is 2.23. The van der Waals surface area contributed by atoms with Crippen molar-refractivity contribution < 1.29 is 33.7 Å². The summed E-state index contributed by atoms with van der Waals surface area (Å²) in [7, 11) is 2.07. The highest BCUT2D eigenvalue weighted by atomic mass is 19.1. The van der Waals surface area contributed by atoms with E-state index in [4.69, 9.17) is 14.9 Å². The third-order valence-corrected chi connectivity index (χ3v) is 6.30. The largest absolute Gasteiger partial charge is 0.478 e. The van der Waals surface area contributed by atoms with Crippen LogP contribution in [-0.4, -0.2) is 81.1 Å². The monoisotopic (exact) mass is 603 g/mol. The van der Waals surface area contributed by atoms with Gasteiger partial charge in [-0.3, -0.25) is 4.79 Å². The number of aliphatic carboxylic acids is 2. The van der Waals surface area contributed by atoms with Crippen LogP contribution in [0.4, 0.5) is 27.4 Å². The Hall–Kier alpha value is -5.76. The highest BCUT2D eigenvalue weighted by Crippen LogP contribution is 2.31. The minimum Gasteiger partial charge on any atom is -0.478 e. The number of ether oxygens (including phenoxy) is 1. The molecule has 0 spiro atoms. The molecule has 0 unspecified atom stereocenters. The highest BCUT2D eigenvalue weighted by molar-refractivity contribution is 5.99. The maximum Gasteiger partial charge on any atom is 0.328 e. The molecule has 1 saturated heterocycles. The van der Waals surface area contributed by atoms with E-state index in [0.717, 1.165) is 26.2 Å². The molecule has 0 radical (unpaired) electrons. The van der Waals surface area contributed by atoms with Gasteiger partial charge in [-0.25, -0.2) is 14.0 Å². The average molecular weight is 604 g/mol. The summed E-state index contributed by atoms with van der Waals surface area (Å²) in [4.78, 5) is 47.1. The van der Waals surface area contributed by atoms with Crippen LogP contribution in [0.25, 0.3) is 11.0 Å². The van der Waals surface area contributed by atoms with E-state index in [9.17, 15) is 18.8 Å². The molecule has 13 nitrogen and oxygen atoms in total. The molecule has 1 aliphatic heterocycles. The van der Waals surface area contributed by atoms with E-state index in [0.29, 0.717) is 51.9 Å². The van der Waals surface area contributed by atoms with E-state index in [1.807, 2.05) is 12.1 Å². The van der Waals surface area contributed by atoms with Crippen LogP contribution < -0.4 is 20.3 Å². The van der Waals surface area contributed by atoms with Gasteiger partial charge >= 0.3 is 11.9 Å². The Morgan fingerprint density at radius 1 is 1.00 bits per heavy atom. The third-order valence-electron chi connectivity index (χ3n) is 6.30. The number of hydrogen-bond acceptors (Lipinski definition) is 9. The molecular formula is C30H30FN7O6. The molecule has 1 fully saturated rings. The van der Waals surface area contributed by atoms with Gasteiger partial charge < -0.3 is 40.4 Å². The number of carboxylic acids is 2. The van der Waals surface area contributed by atoms with Crippen LogP contribution in [0.2, 0.25) is 0 Å². The summed E-state index contributed by atoms with van der Waals surface area (Å²) in [6, 6.07) is 13.8. The van der Waals surface area contributed by atoms with Crippen molar-refractivity contribution in [1.82, 2.24) is 19.9 Å². The number of aromatic nitrogens is 3. The van der Waals surface area contributed by atoms with Gasteiger partial charge in [-0.15, -0.1) is 0 Å². The number of nitrogens with zero attached hydrogens (tertiary/aromatic N) is 4. The number of benzene rings is 2. The Bertz CT molecular complexity index is 1680. The molecule has 0 bridgehead atoms. The lowest BCUT2D eigenvalue weighted by molar-refractivity contribution is -0.134. The fraction of sp³-hybridized carbons (Fsp3) is 0.167. The van der Waals surface area contributed by atoms with Gasteiger partial charge in [0.25, 0.3) is 0 Å². The summed E-state index contributed by atoms with van der Waals surface area (Å²) in [5.74, 6) is -2.10. The number of hydrogen-bond donors (Lipinski definition) is 5. The quantitative estimate of drug-likeness (QED) is 0.173. The van der Waals surface area contributed by atoms with Crippen molar-refractivity contribution in [1.29, 1.82) is 0 Å². The maximum atomic E-state index is 15.0. The first-order valence-electron chi connectivity index (χ1n) is 13.3. The Balaban J connectivity index is 0.000000488. The molecule has 4 aromatic rings. The van der Waals surface area contributed by atoms with Gasteiger partial charge in [-0.05, 0) is 49.5 Å². The molecule has 5 rings (SSSR count). The summed E-state index contributed by atoms with van der Waals surface area (Å²) in [6.45, 7) is 6.82. The molecule has 1 amide bonds. The number of anilines is 4. The number of rotatable bonds is 9. The second kappa shape index (κ2) is 14.4. The van der Waals surface area contributed by atoms with E-state index in [1.54, 1.807) is 36.5 Å². The van der Waals surface area contributed by atoms with Crippen molar-refractivity contribution in [2.75, 3.05) is 48.8 Å². The molecule has 2 aromatic carbocycles. The minimum atomic E-state index is -1.26. The van der Waals surface area contributed by atoms with Gasteiger partial charge in [-0.1, -0.05) is 12.6 Å². The number of amides is 1. The summed E-state index contributed by atoms with van der Waals surface area (Å²) in [6.07, 6.45) is 4.05. The van der Waals surface area contributed by atoms with E-state index in [1.165, 1.54) is 12.1 Å². The second-order valence-corrected chi connectivity index (χ2v) is 9.51. The van der Waals surface area contributed by atoms with E-state index in [-0.39, 0.29) is 17.7 Å². The number of carbonyl (C=O) groups is 3. The van der Waals surface area contributed by atoms with Crippen LogP contribution in [0, 0.1) is 5.82 Å². The Kier molecular flexibility index (Phi) is 10.2. The van der Waals surface area contributed by atoms with Crippen molar-refractivity contribution >= 4 is 51.9 Å². The number of likely N-dealkylation sites (N-methyl/N-ethyl adjacent to an activating group) is 1. The summed E-state index contributed by atoms with van der Waals surface area (Å²) < 4.78 is 21.0. The van der Waals surface area contributed by atoms with Gasteiger partial charge in [0.15, 0.2) is 0 Å². The third kappa shape index (κ3) is 8.62.